The maximum Gasteiger partial charge on any atom is 0.191 e. The summed E-state index contributed by atoms with van der Waals surface area (Å²) in [5.74, 6) is 1.81. The van der Waals surface area contributed by atoms with Gasteiger partial charge < -0.3 is 9.30 Å². The van der Waals surface area contributed by atoms with E-state index in [1.54, 1.807) is 6.07 Å². The molecular formula is C18H17ClFN3OS. The number of thioether (sulfide) groups is 1. The number of nitrogens with zero attached hydrogens (tertiary/aromatic N) is 3. The third-order valence-electron chi connectivity index (χ3n) is 3.75. The van der Waals surface area contributed by atoms with Crippen LogP contribution in [0.2, 0.25) is 5.02 Å². The molecule has 0 spiro atoms. The largest absolute Gasteiger partial charge is 0.485 e. The van der Waals surface area contributed by atoms with Gasteiger partial charge in [0.2, 0.25) is 0 Å². The number of halogens is 2. The molecule has 1 aromatic heterocycles. The maximum atomic E-state index is 13.1. The van der Waals surface area contributed by atoms with Crippen molar-refractivity contribution in [2.24, 2.45) is 7.05 Å². The SMILES string of the molecule is Cc1ccccc1OCc1nnc(SCc2ccc(F)cc2Cl)n1C. The fourth-order valence-electron chi connectivity index (χ4n) is 2.24. The third kappa shape index (κ3) is 4.32. The number of rotatable bonds is 6. The molecule has 0 bridgehead atoms. The highest BCUT2D eigenvalue weighted by atomic mass is 35.5. The molecule has 0 radical (unpaired) electrons. The zero-order valence-corrected chi connectivity index (χ0v) is 15.4. The van der Waals surface area contributed by atoms with Gasteiger partial charge >= 0.3 is 0 Å². The Kier molecular flexibility index (Phi) is 5.60. The zero-order chi connectivity index (χ0) is 17.8. The fourth-order valence-corrected chi connectivity index (χ4v) is 3.49. The molecule has 0 saturated heterocycles. The van der Waals surface area contributed by atoms with Crippen LogP contribution >= 0.6 is 23.4 Å². The van der Waals surface area contributed by atoms with Gasteiger partial charge in [0.1, 0.15) is 18.2 Å². The summed E-state index contributed by atoms with van der Waals surface area (Å²) >= 11 is 7.55. The van der Waals surface area contributed by atoms with Gasteiger partial charge in [0.05, 0.1) is 0 Å². The minimum atomic E-state index is -0.340. The van der Waals surface area contributed by atoms with Gasteiger partial charge in [0.25, 0.3) is 0 Å². The fraction of sp³-hybridized carbons (Fsp3) is 0.222. The van der Waals surface area contributed by atoms with Crippen LogP contribution in [-0.4, -0.2) is 14.8 Å². The smallest absolute Gasteiger partial charge is 0.191 e. The van der Waals surface area contributed by atoms with E-state index >= 15 is 0 Å². The van der Waals surface area contributed by atoms with Crippen molar-refractivity contribution in [1.82, 2.24) is 14.8 Å². The lowest BCUT2D eigenvalue weighted by Crippen LogP contribution is -2.05. The summed E-state index contributed by atoms with van der Waals surface area (Å²) in [5, 5.41) is 9.54. The molecule has 0 saturated carbocycles. The molecule has 3 rings (SSSR count). The van der Waals surface area contributed by atoms with Gasteiger partial charge in [-0.05, 0) is 36.2 Å². The van der Waals surface area contributed by atoms with E-state index < -0.39 is 0 Å². The number of ether oxygens (including phenoxy) is 1. The Bertz CT molecular complexity index is 885. The molecule has 0 amide bonds. The van der Waals surface area contributed by atoms with E-state index in [1.807, 2.05) is 42.8 Å². The van der Waals surface area contributed by atoms with Gasteiger partial charge in [-0.3, -0.25) is 0 Å². The molecule has 0 N–H and O–H groups in total. The molecule has 3 aromatic rings. The highest BCUT2D eigenvalue weighted by Gasteiger charge is 2.12. The van der Waals surface area contributed by atoms with Crippen molar-refractivity contribution in [3.05, 3.63) is 70.3 Å². The predicted molar refractivity (Wildman–Crippen MR) is 97.5 cm³/mol. The lowest BCUT2D eigenvalue weighted by molar-refractivity contribution is 0.288. The van der Waals surface area contributed by atoms with Crippen LogP contribution in [0.25, 0.3) is 0 Å². The monoisotopic (exact) mass is 377 g/mol. The highest BCUT2D eigenvalue weighted by molar-refractivity contribution is 7.98. The van der Waals surface area contributed by atoms with Crippen molar-refractivity contribution in [2.45, 2.75) is 24.4 Å². The van der Waals surface area contributed by atoms with Crippen LogP contribution < -0.4 is 4.74 Å². The van der Waals surface area contributed by atoms with Gasteiger partial charge in [-0.15, -0.1) is 10.2 Å². The summed E-state index contributed by atoms with van der Waals surface area (Å²) in [6, 6.07) is 12.2. The van der Waals surface area contributed by atoms with E-state index in [-0.39, 0.29) is 5.82 Å². The first-order chi connectivity index (χ1) is 12.0. The Morgan fingerprint density at radius 1 is 1.20 bits per heavy atom. The van der Waals surface area contributed by atoms with Crippen molar-refractivity contribution in [2.75, 3.05) is 0 Å². The summed E-state index contributed by atoms with van der Waals surface area (Å²) in [7, 11) is 1.89. The normalized spacial score (nSPS) is 10.9. The van der Waals surface area contributed by atoms with Crippen LogP contribution in [0, 0.1) is 12.7 Å². The Morgan fingerprint density at radius 2 is 2.00 bits per heavy atom. The van der Waals surface area contributed by atoms with Crippen molar-refractivity contribution < 1.29 is 9.13 Å². The topological polar surface area (TPSA) is 39.9 Å². The van der Waals surface area contributed by atoms with Crippen molar-refractivity contribution >= 4 is 23.4 Å². The minimum Gasteiger partial charge on any atom is -0.485 e. The van der Waals surface area contributed by atoms with Crippen LogP contribution in [0.15, 0.2) is 47.6 Å². The quantitative estimate of drug-likeness (QED) is 0.579. The average Bonchev–Trinajstić information content (AvgIpc) is 2.94. The molecule has 25 heavy (non-hydrogen) atoms. The average molecular weight is 378 g/mol. The van der Waals surface area contributed by atoms with Gasteiger partial charge in [-0.1, -0.05) is 47.6 Å². The molecule has 130 valence electrons. The number of hydrogen-bond donors (Lipinski definition) is 0. The molecule has 0 aliphatic rings. The minimum absolute atomic E-state index is 0.340. The Balaban J connectivity index is 1.64. The van der Waals surface area contributed by atoms with Crippen molar-refractivity contribution in [3.8, 4) is 5.75 Å². The van der Waals surface area contributed by atoms with E-state index in [0.29, 0.717) is 17.4 Å². The Hall–Kier alpha value is -2.05. The van der Waals surface area contributed by atoms with Crippen molar-refractivity contribution in [1.29, 1.82) is 0 Å². The van der Waals surface area contributed by atoms with E-state index in [0.717, 1.165) is 27.9 Å². The van der Waals surface area contributed by atoms with Gasteiger partial charge in [-0.25, -0.2) is 4.39 Å². The molecule has 7 heteroatoms. The standard InChI is InChI=1S/C18H17ClFN3OS/c1-12-5-3-4-6-16(12)24-10-17-21-22-18(23(17)2)25-11-13-7-8-14(20)9-15(13)19/h3-9H,10-11H2,1-2H3. The first-order valence-electron chi connectivity index (χ1n) is 7.68. The summed E-state index contributed by atoms with van der Waals surface area (Å²) in [4.78, 5) is 0. The van der Waals surface area contributed by atoms with Crippen LogP contribution in [-0.2, 0) is 19.4 Å². The number of hydrogen-bond acceptors (Lipinski definition) is 4. The first kappa shape index (κ1) is 17.8. The summed E-state index contributed by atoms with van der Waals surface area (Å²) in [6.45, 7) is 2.34. The maximum absolute atomic E-state index is 13.1. The van der Waals surface area contributed by atoms with E-state index in [4.69, 9.17) is 16.3 Å². The third-order valence-corrected chi connectivity index (χ3v) is 5.17. The first-order valence-corrected chi connectivity index (χ1v) is 9.04. The number of aromatic nitrogens is 3. The molecule has 2 aromatic carbocycles. The van der Waals surface area contributed by atoms with Gasteiger partial charge in [-0.2, -0.15) is 0 Å². The van der Waals surface area contributed by atoms with Gasteiger partial charge in [0.15, 0.2) is 11.0 Å². The molecule has 0 unspecified atom stereocenters. The Labute approximate surface area is 155 Å². The predicted octanol–water partition coefficient (Wildman–Crippen LogP) is 4.79. The van der Waals surface area contributed by atoms with E-state index in [1.165, 1.54) is 23.9 Å². The van der Waals surface area contributed by atoms with Crippen LogP contribution in [0.3, 0.4) is 0 Å². The second kappa shape index (κ2) is 7.89. The number of para-hydroxylation sites is 1. The molecule has 4 nitrogen and oxygen atoms in total. The molecule has 0 fully saturated rings. The molecule has 0 aliphatic heterocycles. The lowest BCUT2D eigenvalue weighted by atomic mass is 10.2. The summed E-state index contributed by atoms with van der Waals surface area (Å²) < 4.78 is 20.8. The molecule has 0 atom stereocenters. The number of benzene rings is 2. The lowest BCUT2D eigenvalue weighted by Gasteiger charge is -2.09. The van der Waals surface area contributed by atoms with Crippen LogP contribution in [0.4, 0.5) is 4.39 Å². The molecule has 0 aliphatic carbocycles. The molecular weight excluding hydrogens is 361 g/mol. The summed E-state index contributed by atoms with van der Waals surface area (Å²) in [5.41, 5.74) is 1.93. The zero-order valence-electron chi connectivity index (χ0n) is 13.9. The van der Waals surface area contributed by atoms with Crippen LogP contribution in [0.1, 0.15) is 17.0 Å². The number of aryl methyl sites for hydroxylation is 1. The van der Waals surface area contributed by atoms with Crippen molar-refractivity contribution in [3.63, 3.8) is 0 Å². The second-order valence-electron chi connectivity index (χ2n) is 5.54. The second-order valence-corrected chi connectivity index (χ2v) is 6.89. The summed E-state index contributed by atoms with van der Waals surface area (Å²) in [6.07, 6.45) is 0. The Morgan fingerprint density at radius 3 is 2.76 bits per heavy atom. The van der Waals surface area contributed by atoms with Gasteiger partial charge in [0, 0.05) is 17.8 Å². The van der Waals surface area contributed by atoms with E-state index in [9.17, 15) is 4.39 Å². The highest BCUT2D eigenvalue weighted by Crippen LogP contribution is 2.26. The molecule has 1 heterocycles. The van der Waals surface area contributed by atoms with Crippen LogP contribution in [0.5, 0.6) is 5.75 Å². The van der Waals surface area contributed by atoms with E-state index in [2.05, 4.69) is 10.2 Å².